The summed E-state index contributed by atoms with van der Waals surface area (Å²) < 4.78 is 9.56. The lowest BCUT2D eigenvalue weighted by Gasteiger charge is -2.29. The molecule has 0 spiro atoms. The number of ether oxygens (including phenoxy) is 2. The molecule has 2 aliphatic rings. The van der Waals surface area contributed by atoms with Gasteiger partial charge in [0.2, 0.25) is 0 Å². The third-order valence-corrected chi connectivity index (χ3v) is 2.36. The van der Waals surface area contributed by atoms with Crippen LogP contribution in [-0.2, 0) is 19.1 Å². The van der Waals surface area contributed by atoms with E-state index >= 15 is 0 Å². The third kappa shape index (κ3) is 2.12. The summed E-state index contributed by atoms with van der Waals surface area (Å²) in [5, 5.41) is -1.52. The van der Waals surface area contributed by atoms with Crippen LogP contribution in [0.4, 0.5) is 0 Å². The van der Waals surface area contributed by atoms with Gasteiger partial charge in [0.1, 0.15) is 6.42 Å². The molecule has 1 saturated heterocycles. The number of alkyl halides is 1. The fourth-order valence-electron chi connectivity index (χ4n) is 1.30. The molecule has 72 valence electrons. The molecule has 0 aromatic rings. The Balaban J connectivity index is 2.01. The van der Waals surface area contributed by atoms with E-state index in [1.165, 1.54) is 0 Å². The van der Waals surface area contributed by atoms with Gasteiger partial charge >= 0.3 is 17.2 Å². The van der Waals surface area contributed by atoms with Gasteiger partial charge in [0, 0.05) is 6.42 Å². The molecule has 0 aromatic carbocycles. The Hall–Kier alpha value is -0.770. The molecule has 0 aromatic heterocycles. The maximum atomic E-state index is 10.9. The Labute approximate surface area is 80.1 Å². The van der Waals surface area contributed by atoms with Crippen LogP contribution in [0, 0.1) is 5.92 Å². The van der Waals surface area contributed by atoms with Crippen LogP contribution in [0.1, 0.15) is 25.7 Å². The van der Waals surface area contributed by atoms with Gasteiger partial charge in [0.25, 0.3) is 0 Å². The lowest BCUT2D eigenvalue weighted by Crippen LogP contribution is -2.41. The molecule has 1 heterocycles. The number of hydrogen-bond donors (Lipinski definition) is 0. The molecule has 2 fully saturated rings. The van der Waals surface area contributed by atoms with Crippen LogP contribution in [0.3, 0.4) is 0 Å². The summed E-state index contributed by atoms with van der Waals surface area (Å²) in [5.74, 6) is -0.782. The first-order valence-corrected chi connectivity index (χ1v) is 4.58. The van der Waals surface area contributed by atoms with E-state index in [4.69, 9.17) is 21.1 Å². The van der Waals surface area contributed by atoms with Crippen LogP contribution < -0.4 is 0 Å². The summed E-state index contributed by atoms with van der Waals surface area (Å²) in [5.41, 5.74) is 0. The molecule has 1 saturated carbocycles. The van der Waals surface area contributed by atoms with Crippen LogP contribution >= 0.6 is 11.6 Å². The van der Waals surface area contributed by atoms with Crippen molar-refractivity contribution in [2.45, 2.75) is 30.9 Å². The molecule has 0 unspecified atom stereocenters. The van der Waals surface area contributed by atoms with Gasteiger partial charge in [0.05, 0.1) is 0 Å². The highest BCUT2D eigenvalue weighted by Gasteiger charge is 2.45. The molecule has 0 radical (unpaired) electrons. The van der Waals surface area contributed by atoms with Crippen molar-refractivity contribution in [2.75, 3.05) is 0 Å². The number of hydrogen-bond acceptors (Lipinski definition) is 4. The predicted octanol–water partition coefficient (Wildman–Crippen LogP) is 1.17. The van der Waals surface area contributed by atoms with Crippen molar-refractivity contribution < 1.29 is 19.1 Å². The molecule has 13 heavy (non-hydrogen) atoms. The first kappa shape index (κ1) is 8.81. The van der Waals surface area contributed by atoms with Crippen LogP contribution in [0.25, 0.3) is 0 Å². The molecular formula is C8H9ClO4. The Morgan fingerprint density at radius 3 is 2.31 bits per heavy atom. The number of carbonyl (C=O) groups is 2. The van der Waals surface area contributed by atoms with Gasteiger partial charge in [-0.25, -0.2) is 0 Å². The fraction of sp³-hybridized carbons (Fsp3) is 0.750. The van der Waals surface area contributed by atoms with Gasteiger partial charge in [-0.1, -0.05) is 0 Å². The van der Waals surface area contributed by atoms with Crippen molar-refractivity contribution in [1.82, 2.24) is 0 Å². The van der Waals surface area contributed by atoms with E-state index in [0.717, 1.165) is 12.8 Å². The average molecular weight is 205 g/mol. The van der Waals surface area contributed by atoms with Gasteiger partial charge in [0.15, 0.2) is 0 Å². The summed E-state index contributed by atoms with van der Waals surface area (Å²) in [6.07, 6.45) is 2.19. The normalized spacial score (nSPS) is 26.5. The van der Waals surface area contributed by atoms with E-state index in [9.17, 15) is 9.59 Å². The van der Waals surface area contributed by atoms with Crippen LogP contribution in [0.2, 0.25) is 0 Å². The molecule has 0 atom stereocenters. The SMILES string of the molecule is O=C1CC(=O)OC(Cl)(CC2CC2)O1. The highest BCUT2D eigenvalue weighted by Crippen LogP contribution is 2.41. The van der Waals surface area contributed by atoms with Gasteiger partial charge in [-0.05, 0) is 30.4 Å². The highest BCUT2D eigenvalue weighted by atomic mass is 35.5. The molecule has 1 aliphatic carbocycles. The highest BCUT2D eigenvalue weighted by molar-refractivity contribution is 6.23. The van der Waals surface area contributed by atoms with Crippen molar-refractivity contribution in [3.05, 3.63) is 0 Å². The second kappa shape index (κ2) is 2.87. The zero-order chi connectivity index (χ0) is 9.47. The molecule has 0 N–H and O–H groups in total. The van der Waals surface area contributed by atoms with Crippen molar-refractivity contribution in [3.8, 4) is 0 Å². The molecule has 5 heteroatoms. The van der Waals surface area contributed by atoms with E-state index in [-0.39, 0.29) is 6.42 Å². The van der Waals surface area contributed by atoms with Gasteiger partial charge in [-0.15, -0.1) is 0 Å². The van der Waals surface area contributed by atoms with Crippen LogP contribution in [0.15, 0.2) is 0 Å². The maximum Gasteiger partial charge on any atom is 0.337 e. The number of halogens is 1. The van der Waals surface area contributed by atoms with Gasteiger partial charge < -0.3 is 9.47 Å². The second-order valence-electron chi connectivity index (χ2n) is 3.43. The largest absolute Gasteiger partial charge is 0.408 e. The van der Waals surface area contributed by atoms with E-state index in [1.807, 2.05) is 0 Å². The lowest BCUT2D eigenvalue weighted by atomic mass is 10.2. The van der Waals surface area contributed by atoms with Crippen LogP contribution in [0.5, 0.6) is 0 Å². The average Bonchev–Trinajstić information content (AvgIpc) is 2.66. The van der Waals surface area contributed by atoms with Gasteiger partial charge in [-0.3, -0.25) is 9.59 Å². The fourth-order valence-corrected chi connectivity index (χ4v) is 1.69. The summed E-state index contributed by atoms with van der Waals surface area (Å²) in [7, 11) is 0. The summed E-state index contributed by atoms with van der Waals surface area (Å²) in [6, 6.07) is 0. The standard InChI is InChI=1S/C8H9ClO4/c9-8(4-5-1-2-5)12-6(10)3-7(11)13-8/h5H,1-4H2. The Morgan fingerprint density at radius 1 is 1.31 bits per heavy atom. The van der Waals surface area contributed by atoms with E-state index in [2.05, 4.69) is 0 Å². The molecular weight excluding hydrogens is 196 g/mol. The number of carbonyl (C=O) groups excluding carboxylic acids is 2. The first-order chi connectivity index (χ1) is 6.07. The molecule has 0 bridgehead atoms. The minimum absolute atomic E-state index is 0.334. The summed E-state index contributed by atoms with van der Waals surface area (Å²) in [6.45, 7) is 0. The van der Waals surface area contributed by atoms with E-state index in [1.54, 1.807) is 0 Å². The Morgan fingerprint density at radius 2 is 1.85 bits per heavy atom. The van der Waals surface area contributed by atoms with Crippen molar-refractivity contribution in [2.24, 2.45) is 5.92 Å². The monoisotopic (exact) mass is 204 g/mol. The summed E-state index contributed by atoms with van der Waals surface area (Å²) in [4.78, 5) is 21.8. The molecule has 0 amide bonds. The topological polar surface area (TPSA) is 52.6 Å². The van der Waals surface area contributed by atoms with E-state index in [0.29, 0.717) is 12.3 Å². The first-order valence-electron chi connectivity index (χ1n) is 4.20. The number of cyclic esters (lactones) is 2. The van der Waals surface area contributed by atoms with Crippen molar-refractivity contribution >= 4 is 23.5 Å². The zero-order valence-corrected chi connectivity index (χ0v) is 7.67. The smallest absolute Gasteiger partial charge is 0.337 e. The molecule has 4 nitrogen and oxygen atoms in total. The maximum absolute atomic E-state index is 10.9. The molecule has 2 rings (SSSR count). The van der Waals surface area contributed by atoms with Crippen molar-refractivity contribution in [1.29, 1.82) is 0 Å². The second-order valence-corrected chi connectivity index (χ2v) is 4.01. The van der Waals surface area contributed by atoms with Gasteiger partial charge in [-0.2, -0.15) is 0 Å². The minimum atomic E-state index is -1.52. The Kier molecular flexibility index (Phi) is 1.95. The van der Waals surface area contributed by atoms with Crippen molar-refractivity contribution in [3.63, 3.8) is 0 Å². The zero-order valence-electron chi connectivity index (χ0n) is 6.92. The van der Waals surface area contributed by atoms with Crippen LogP contribution in [-0.4, -0.2) is 17.2 Å². The lowest BCUT2D eigenvalue weighted by molar-refractivity contribution is -0.218. The number of rotatable bonds is 2. The minimum Gasteiger partial charge on any atom is -0.408 e. The van der Waals surface area contributed by atoms with E-state index < -0.39 is 17.2 Å². The quantitative estimate of drug-likeness (QED) is 0.385. The third-order valence-electron chi connectivity index (χ3n) is 2.05. The number of esters is 2. The summed E-state index contributed by atoms with van der Waals surface area (Å²) >= 11 is 5.81. The predicted molar refractivity (Wildman–Crippen MR) is 42.7 cm³/mol. The molecule has 1 aliphatic heterocycles. The Bertz CT molecular complexity index is 243.